The van der Waals surface area contributed by atoms with Crippen molar-refractivity contribution in [2.45, 2.75) is 19.3 Å². The van der Waals surface area contributed by atoms with Crippen molar-refractivity contribution >= 4 is 49.4 Å². The van der Waals surface area contributed by atoms with E-state index in [1.807, 2.05) is 0 Å². The van der Waals surface area contributed by atoms with Gasteiger partial charge in [0.25, 0.3) is 0 Å². The van der Waals surface area contributed by atoms with Crippen molar-refractivity contribution in [3.8, 4) is 22.3 Å². The van der Waals surface area contributed by atoms with E-state index < -0.39 is 5.41 Å². The van der Waals surface area contributed by atoms with Gasteiger partial charge in [0, 0.05) is 17.1 Å². The Hall–Kier alpha value is -6.44. The number of aryl methyl sites for hydroxylation is 2. The van der Waals surface area contributed by atoms with Gasteiger partial charge in [-0.05, 0) is 138 Å². The summed E-state index contributed by atoms with van der Waals surface area (Å²) in [7, 11) is 0. The van der Waals surface area contributed by atoms with E-state index in [-0.39, 0.29) is 0 Å². The number of benzene rings is 9. The van der Waals surface area contributed by atoms with Crippen molar-refractivity contribution in [2.75, 3.05) is 4.90 Å². The van der Waals surface area contributed by atoms with Crippen molar-refractivity contribution < 1.29 is 0 Å². The molecular formula is C51H35N. The zero-order valence-electron chi connectivity index (χ0n) is 29.2. The summed E-state index contributed by atoms with van der Waals surface area (Å²) < 4.78 is 0. The summed E-state index contributed by atoms with van der Waals surface area (Å²) in [5, 5.41) is 7.80. The third-order valence-electron chi connectivity index (χ3n) is 11.9. The van der Waals surface area contributed by atoms with E-state index in [0.717, 1.165) is 17.1 Å². The summed E-state index contributed by atoms with van der Waals surface area (Å²) in [6.07, 6.45) is 0. The third-order valence-corrected chi connectivity index (χ3v) is 11.9. The zero-order valence-corrected chi connectivity index (χ0v) is 29.2. The van der Waals surface area contributed by atoms with Gasteiger partial charge in [0.1, 0.15) is 0 Å². The van der Waals surface area contributed by atoms with Gasteiger partial charge in [-0.15, -0.1) is 0 Å². The first-order chi connectivity index (χ1) is 25.6. The molecule has 0 atom stereocenters. The molecule has 0 bridgehead atoms. The SMILES string of the molecule is Cc1ccc(N(c2ccccc2)c2ccc3c4c(ccc3c2)-c2c(c3ccccc3c3ccccc23)C42c3ccccc3-c3ccccc32)cc1C. The van der Waals surface area contributed by atoms with Crippen molar-refractivity contribution in [3.05, 3.63) is 209 Å². The molecule has 1 heteroatoms. The van der Waals surface area contributed by atoms with Crippen LogP contribution in [0.25, 0.3) is 54.6 Å². The highest BCUT2D eigenvalue weighted by atomic mass is 15.1. The summed E-state index contributed by atoms with van der Waals surface area (Å²) >= 11 is 0. The van der Waals surface area contributed by atoms with E-state index in [1.54, 1.807) is 0 Å². The van der Waals surface area contributed by atoms with Crippen LogP contribution in [0.4, 0.5) is 17.1 Å². The van der Waals surface area contributed by atoms with Crippen LogP contribution in [-0.4, -0.2) is 0 Å². The lowest BCUT2D eigenvalue weighted by Crippen LogP contribution is -2.26. The second-order valence-corrected chi connectivity index (χ2v) is 14.5. The van der Waals surface area contributed by atoms with Gasteiger partial charge in [0.05, 0.1) is 5.41 Å². The Kier molecular flexibility index (Phi) is 6.08. The van der Waals surface area contributed by atoms with Crippen LogP contribution in [0.5, 0.6) is 0 Å². The minimum Gasteiger partial charge on any atom is -0.310 e. The topological polar surface area (TPSA) is 3.24 Å². The van der Waals surface area contributed by atoms with Crippen LogP contribution in [0.15, 0.2) is 176 Å². The van der Waals surface area contributed by atoms with Crippen molar-refractivity contribution in [1.82, 2.24) is 0 Å². The molecule has 2 aliphatic carbocycles. The van der Waals surface area contributed by atoms with Gasteiger partial charge in [-0.25, -0.2) is 0 Å². The van der Waals surface area contributed by atoms with Gasteiger partial charge in [-0.1, -0.05) is 140 Å². The smallest absolute Gasteiger partial charge is 0.0737 e. The highest BCUT2D eigenvalue weighted by Gasteiger charge is 2.53. The summed E-state index contributed by atoms with van der Waals surface area (Å²) in [4.78, 5) is 2.39. The number of fused-ring (bicyclic) bond motifs is 17. The molecule has 9 aromatic carbocycles. The van der Waals surface area contributed by atoms with E-state index in [9.17, 15) is 0 Å². The zero-order chi connectivity index (χ0) is 34.6. The number of para-hydroxylation sites is 1. The fraction of sp³-hybridized carbons (Fsp3) is 0.0588. The van der Waals surface area contributed by atoms with Crippen LogP contribution >= 0.6 is 0 Å². The van der Waals surface area contributed by atoms with Gasteiger partial charge < -0.3 is 4.90 Å². The third kappa shape index (κ3) is 3.78. The molecule has 2 aliphatic rings. The summed E-state index contributed by atoms with van der Waals surface area (Å²) in [5.74, 6) is 0. The van der Waals surface area contributed by atoms with Crippen molar-refractivity contribution in [1.29, 1.82) is 0 Å². The summed E-state index contributed by atoms with van der Waals surface area (Å²) in [6.45, 7) is 4.38. The molecule has 0 saturated carbocycles. The van der Waals surface area contributed by atoms with Crippen LogP contribution in [-0.2, 0) is 5.41 Å². The van der Waals surface area contributed by atoms with Crippen LogP contribution in [0, 0.1) is 13.8 Å². The lowest BCUT2D eigenvalue weighted by Gasteiger charge is -2.33. The first-order valence-corrected chi connectivity index (χ1v) is 18.3. The predicted molar refractivity (Wildman–Crippen MR) is 219 cm³/mol. The fourth-order valence-electron chi connectivity index (χ4n) is 9.67. The lowest BCUT2D eigenvalue weighted by molar-refractivity contribution is 0.809. The molecule has 0 amide bonds. The van der Waals surface area contributed by atoms with Crippen molar-refractivity contribution in [2.24, 2.45) is 0 Å². The highest BCUT2D eigenvalue weighted by molar-refractivity contribution is 6.21. The summed E-state index contributed by atoms with van der Waals surface area (Å²) in [5.41, 5.74) is 16.5. The number of anilines is 3. The Labute approximate surface area is 304 Å². The summed E-state index contributed by atoms with van der Waals surface area (Å²) in [6, 6.07) is 65.9. The molecule has 11 rings (SSSR count). The Bertz CT molecular complexity index is 2890. The molecule has 0 radical (unpaired) electrons. The van der Waals surface area contributed by atoms with Gasteiger partial charge in [0.2, 0.25) is 0 Å². The molecule has 1 spiro atoms. The van der Waals surface area contributed by atoms with Crippen LogP contribution < -0.4 is 4.90 Å². The largest absolute Gasteiger partial charge is 0.310 e. The minimum absolute atomic E-state index is 0.476. The number of hydrogen-bond acceptors (Lipinski definition) is 1. The predicted octanol–water partition coefficient (Wildman–Crippen LogP) is 13.6. The standard InChI is InChI=1S/C51H35N/c1-32-24-26-36(30-33(32)2)52(35-14-4-3-5-15-35)37-27-29-38-34(31-37)25-28-45-48-43-20-8-6-16-39(43)40-17-7-9-21-44(40)50(48)51(49(38)45)46-22-12-10-18-41(46)42-19-11-13-23-47(42)51/h3-31H,1-2H3. The van der Waals surface area contributed by atoms with Gasteiger partial charge >= 0.3 is 0 Å². The molecule has 0 aromatic heterocycles. The monoisotopic (exact) mass is 661 g/mol. The van der Waals surface area contributed by atoms with Crippen LogP contribution in [0.3, 0.4) is 0 Å². The average molecular weight is 662 g/mol. The Morgan fingerprint density at radius 2 is 0.942 bits per heavy atom. The molecule has 244 valence electrons. The van der Waals surface area contributed by atoms with Gasteiger partial charge in [-0.2, -0.15) is 0 Å². The quantitative estimate of drug-likeness (QED) is 0.170. The Balaban J connectivity index is 1.27. The highest BCUT2D eigenvalue weighted by Crippen LogP contribution is 2.66. The van der Waals surface area contributed by atoms with E-state index in [2.05, 4.69) is 195 Å². The molecule has 0 aliphatic heterocycles. The Morgan fingerprint density at radius 3 is 1.65 bits per heavy atom. The molecule has 52 heavy (non-hydrogen) atoms. The molecule has 9 aromatic rings. The fourth-order valence-corrected chi connectivity index (χ4v) is 9.67. The maximum absolute atomic E-state index is 2.42. The number of nitrogens with zero attached hydrogens (tertiary/aromatic N) is 1. The first-order valence-electron chi connectivity index (χ1n) is 18.3. The van der Waals surface area contributed by atoms with E-state index in [0.29, 0.717) is 0 Å². The van der Waals surface area contributed by atoms with Crippen LogP contribution in [0.2, 0.25) is 0 Å². The van der Waals surface area contributed by atoms with E-state index >= 15 is 0 Å². The second-order valence-electron chi connectivity index (χ2n) is 14.5. The molecule has 1 nitrogen and oxygen atoms in total. The number of hydrogen-bond donors (Lipinski definition) is 0. The molecular weight excluding hydrogens is 627 g/mol. The number of rotatable bonds is 3. The van der Waals surface area contributed by atoms with Crippen LogP contribution in [0.1, 0.15) is 33.4 Å². The lowest BCUT2D eigenvalue weighted by atomic mass is 9.68. The maximum atomic E-state index is 2.42. The molecule has 0 saturated heterocycles. The molecule has 0 N–H and O–H groups in total. The van der Waals surface area contributed by atoms with E-state index in [1.165, 1.54) is 88.0 Å². The van der Waals surface area contributed by atoms with Crippen molar-refractivity contribution in [3.63, 3.8) is 0 Å². The molecule has 0 unspecified atom stereocenters. The first kappa shape index (κ1) is 29.3. The van der Waals surface area contributed by atoms with E-state index in [4.69, 9.17) is 0 Å². The minimum atomic E-state index is -0.476. The van der Waals surface area contributed by atoms with Gasteiger partial charge in [0.15, 0.2) is 0 Å². The normalized spacial score (nSPS) is 13.3. The molecule has 0 fully saturated rings. The molecule has 0 heterocycles. The maximum Gasteiger partial charge on any atom is 0.0737 e. The average Bonchev–Trinajstić information content (AvgIpc) is 3.68. The second kappa shape index (κ2) is 10.8. The Morgan fingerprint density at radius 1 is 0.365 bits per heavy atom. The van der Waals surface area contributed by atoms with Gasteiger partial charge in [-0.3, -0.25) is 0 Å².